The van der Waals surface area contributed by atoms with Gasteiger partial charge in [-0.3, -0.25) is 9.78 Å². The number of imidazole rings is 1. The summed E-state index contributed by atoms with van der Waals surface area (Å²) >= 11 is 0. The lowest BCUT2D eigenvalue weighted by Gasteiger charge is -2.28. The second kappa shape index (κ2) is 8.02. The maximum absolute atomic E-state index is 12.5. The van der Waals surface area contributed by atoms with E-state index in [4.69, 9.17) is 4.74 Å². The summed E-state index contributed by atoms with van der Waals surface area (Å²) < 4.78 is 5.30. The highest BCUT2D eigenvalue weighted by molar-refractivity contribution is 5.95. The molecule has 154 valence electrons. The molecule has 2 aromatic carbocycles. The van der Waals surface area contributed by atoms with Crippen LogP contribution in [0.2, 0.25) is 0 Å². The van der Waals surface area contributed by atoms with Crippen LogP contribution in [0.4, 0.5) is 0 Å². The molecule has 0 saturated heterocycles. The molecule has 0 unspecified atom stereocenters. The van der Waals surface area contributed by atoms with Gasteiger partial charge < -0.3 is 14.6 Å². The Morgan fingerprint density at radius 1 is 1.06 bits per heavy atom. The minimum atomic E-state index is -0.537. The number of amides is 1. The highest BCUT2D eigenvalue weighted by atomic mass is 16.5. The molecular weight excluding hydrogens is 392 g/mol. The Kier molecular flexibility index (Phi) is 4.92. The van der Waals surface area contributed by atoms with Crippen molar-refractivity contribution in [2.24, 2.45) is 0 Å². The highest BCUT2D eigenvalue weighted by Crippen LogP contribution is 2.21. The van der Waals surface area contributed by atoms with Crippen LogP contribution in [-0.2, 0) is 22.5 Å². The molecule has 2 aromatic heterocycles. The summed E-state index contributed by atoms with van der Waals surface area (Å²) in [5.74, 6) is -0.0521. The van der Waals surface area contributed by atoms with Gasteiger partial charge in [-0.05, 0) is 47.9 Å². The molecule has 0 fully saturated rings. The van der Waals surface area contributed by atoms with Crippen LogP contribution in [0.25, 0.3) is 22.4 Å². The lowest BCUT2D eigenvalue weighted by molar-refractivity contribution is -0.135. The van der Waals surface area contributed by atoms with Crippen molar-refractivity contribution in [3.63, 3.8) is 0 Å². The average Bonchev–Trinajstić information content (AvgIpc) is 3.26. The Morgan fingerprint density at radius 2 is 1.94 bits per heavy atom. The van der Waals surface area contributed by atoms with Gasteiger partial charge in [0.25, 0.3) is 5.91 Å². The number of pyridine rings is 1. The number of carbonyl (C=O) groups excluding carboxylic acids is 2. The quantitative estimate of drug-likeness (QED) is 0.519. The van der Waals surface area contributed by atoms with E-state index in [0.717, 1.165) is 23.1 Å². The molecule has 7 nitrogen and oxygen atoms in total. The van der Waals surface area contributed by atoms with Gasteiger partial charge in [-0.15, -0.1) is 0 Å². The molecule has 3 heterocycles. The Bertz CT molecular complexity index is 1270. The second-order valence-corrected chi connectivity index (χ2v) is 7.47. The summed E-state index contributed by atoms with van der Waals surface area (Å²) in [5, 5.41) is 0. The Balaban J connectivity index is 1.25. The number of nitrogens with one attached hydrogen (secondary N) is 1. The minimum absolute atomic E-state index is 0.190. The highest BCUT2D eigenvalue weighted by Gasteiger charge is 2.22. The van der Waals surface area contributed by atoms with Crippen molar-refractivity contribution in [3.05, 3.63) is 83.7 Å². The topological polar surface area (TPSA) is 88.2 Å². The van der Waals surface area contributed by atoms with Crippen molar-refractivity contribution in [3.8, 4) is 11.4 Å². The van der Waals surface area contributed by atoms with Gasteiger partial charge in [0, 0.05) is 31.0 Å². The smallest absolute Gasteiger partial charge is 0.338 e. The summed E-state index contributed by atoms with van der Waals surface area (Å²) in [6.45, 7) is 0.900. The van der Waals surface area contributed by atoms with E-state index in [0.29, 0.717) is 30.0 Å². The number of benzene rings is 2. The molecule has 0 spiro atoms. The van der Waals surface area contributed by atoms with Gasteiger partial charge >= 0.3 is 5.97 Å². The van der Waals surface area contributed by atoms with Gasteiger partial charge in [0.05, 0.1) is 16.6 Å². The Morgan fingerprint density at radius 3 is 2.77 bits per heavy atom. The number of aromatic nitrogens is 3. The van der Waals surface area contributed by atoms with Gasteiger partial charge in [-0.25, -0.2) is 9.78 Å². The largest absolute Gasteiger partial charge is 0.452 e. The molecule has 5 rings (SSSR count). The maximum Gasteiger partial charge on any atom is 0.338 e. The first-order valence-corrected chi connectivity index (χ1v) is 10.1. The molecule has 1 aliphatic rings. The predicted octanol–water partition coefficient (Wildman–Crippen LogP) is 3.37. The number of hydrogen-bond acceptors (Lipinski definition) is 5. The van der Waals surface area contributed by atoms with Crippen LogP contribution in [0.15, 0.2) is 67.0 Å². The van der Waals surface area contributed by atoms with Gasteiger partial charge in [0.1, 0.15) is 5.82 Å². The van der Waals surface area contributed by atoms with Crippen LogP contribution in [-0.4, -0.2) is 44.9 Å². The van der Waals surface area contributed by atoms with Gasteiger partial charge in [0.15, 0.2) is 6.61 Å². The van der Waals surface area contributed by atoms with E-state index in [1.807, 2.05) is 30.3 Å². The van der Waals surface area contributed by atoms with Crippen LogP contribution in [0.1, 0.15) is 21.5 Å². The molecule has 0 saturated carbocycles. The van der Waals surface area contributed by atoms with Crippen LogP contribution in [0.3, 0.4) is 0 Å². The van der Waals surface area contributed by atoms with E-state index in [1.165, 1.54) is 5.56 Å². The number of H-pyrrole nitrogens is 1. The van der Waals surface area contributed by atoms with Crippen LogP contribution >= 0.6 is 0 Å². The summed E-state index contributed by atoms with van der Waals surface area (Å²) in [6.07, 6.45) is 4.23. The SMILES string of the molecule is O=C(OCC(=O)N1CCc2ccccc2C1)c1ccc2nc(-c3cccnc3)[nH]c2c1. The molecule has 7 heteroatoms. The standard InChI is InChI=1S/C24H20N4O3/c29-22(28-11-9-16-4-1-2-5-19(16)14-28)15-31-24(30)17-7-8-20-21(12-17)27-23(26-20)18-6-3-10-25-13-18/h1-8,10,12-13H,9,11,14-15H2,(H,26,27). The lowest BCUT2D eigenvalue weighted by Crippen LogP contribution is -2.38. The number of nitrogens with zero attached hydrogens (tertiary/aromatic N) is 3. The number of fused-ring (bicyclic) bond motifs is 2. The zero-order chi connectivity index (χ0) is 21.2. The van der Waals surface area contributed by atoms with Gasteiger partial charge in [-0.2, -0.15) is 0 Å². The van der Waals surface area contributed by atoms with Crippen molar-refractivity contribution >= 4 is 22.9 Å². The third-order valence-corrected chi connectivity index (χ3v) is 5.46. The molecule has 4 aromatic rings. The minimum Gasteiger partial charge on any atom is -0.452 e. The fraction of sp³-hybridized carbons (Fsp3) is 0.167. The molecule has 0 bridgehead atoms. The van der Waals surface area contributed by atoms with Crippen molar-refractivity contribution in [1.29, 1.82) is 0 Å². The summed E-state index contributed by atoms with van der Waals surface area (Å²) in [7, 11) is 0. The van der Waals surface area contributed by atoms with Crippen molar-refractivity contribution in [2.45, 2.75) is 13.0 Å². The number of esters is 1. The lowest BCUT2D eigenvalue weighted by atomic mass is 10.00. The van der Waals surface area contributed by atoms with E-state index in [-0.39, 0.29) is 12.5 Å². The van der Waals surface area contributed by atoms with Crippen LogP contribution in [0, 0.1) is 0 Å². The summed E-state index contributed by atoms with van der Waals surface area (Å²) in [4.78, 5) is 38.6. The van der Waals surface area contributed by atoms with E-state index >= 15 is 0 Å². The molecule has 1 N–H and O–H groups in total. The Labute approximate surface area is 178 Å². The summed E-state index contributed by atoms with van der Waals surface area (Å²) in [6, 6.07) is 16.9. The number of ether oxygens (including phenoxy) is 1. The monoisotopic (exact) mass is 412 g/mol. The van der Waals surface area contributed by atoms with E-state index in [1.54, 1.807) is 35.5 Å². The van der Waals surface area contributed by atoms with Gasteiger partial charge in [0.2, 0.25) is 0 Å². The molecule has 1 amide bonds. The number of carbonyl (C=O) groups is 2. The van der Waals surface area contributed by atoms with Crippen molar-refractivity contribution in [2.75, 3.05) is 13.2 Å². The average molecular weight is 412 g/mol. The van der Waals surface area contributed by atoms with Crippen molar-refractivity contribution in [1.82, 2.24) is 19.9 Å². The molecular formula is C24H20N4O3. The number of hydrogen-bond donors (Lipinski definition) is 1. The predicted molar refractivity (Wildman–Crippen MR) is 115 cm³/mol. The zero-order valence-electron chi connectivity index (χ0n) is 16.7. The molecule has 0 atom stereocenters. The third-order valence-electron chi connectivity index (χ3n) is 5.46. The molecule has 1 aliphatic heterocycles. The molecule has 31 heavy (non-hydrogen) atoms. The van der Waals surface area contributed by atoms with E-state index in [9.17, 15) is 9.59 Å². The van der Waals surface area contributed by atoms with Crippen molar-refractivity contribution < 1.29 is 14.3 Å². The molecule has 0 aliphatic carbocycles. The van der Waals surface area contributed by atoms with Crippen LogP contribution < -0.4 is 0 Å². The zero-order valence-corrected chi connectivity index (χ0v) is 16.7. The van der Waals surface area contributed by atoms with E-state index in [2.05, 4.69) is 21.0 Å². The van der Waals surface area contributed by atoms with Crippen LogP contribution in [0.5, 0.6) is 0 Å². The number of rotatable bonds is 4. The Hall–Kier alpha value is -4.00. The first-order valence-electron chi connectivity index (χ1n) is 10.1. The summed E-state index contributed by atoms with van der Waals surface area (Å²) in [5.41, 5.74) is 5.08. The fourth-order valence-electron chi connectivity index (χ4n) is 3.79. The molecule has 0 radical (unpaired) electrons. The second-order valence-electron chi connectivity index (χ2n) is 7.47. The third kappa shape index (κ3) is 3.90. The first-order chi connectivity index (χ1) is 15.2. The van der Waals surface area contributed by atoms with E-state index < -0.39 is 5.97 Å². The normalized spacial score (nSPS) is 13.1. The number of aromatic amines is 1. The van der Waals surface area contributed by atoms with Gasteiger partial charge in [-0.1, -0.05) is 24.3 Å². The fourth-order valence-corrected chi connectivity index (χ4v) is 3.79. The first kappa shape index (κ1) is 19.0. The maximum atomic E-state index is 12.5.